The molecular weight excluding hydrogens is 629 g/mol. The highest BCUT2D eigenvalue weighted by atomic mass is 32.2. The summed E-state index contributed by atoms with van der Waals surface area (Å²) in [7, 11) is 0. The molecule has 236 valence electrons. The molecule has 1 unspecified atom stereocenters. The topological polar surface area (TPSA) is 25.4 Å². The molecule has 2 aliphatic rings. The summed E-state index contributed by atoms with van der Waals surface area (Å²) < 4.78 is 6.79. The van der Waals surface area contributed by atoms with Crippen molar-refractivity contribution >= 4 is 39.7 Å². The number of pyridine rings is 1. The van der Waals surface area contributed by atoms with Crippen molar-refractivity contribution in [3.8, 4) is 22.6 Å². The molecule has 7 aromatic carbocycles. The third-order valence-corrected chi connectivity index (χ3v) is 11.2. The molecule has 8 aromatic rings. The number of nitrogens with zero attached hydrogens (tertiary/aromatic N) is 2. The summed E-state index contributed by atoms with van der Waals surface area (Å²) in [5.74, 6) is 1.73. The molecule has 1 aromatic heterocycles. The molecule has 3 heterocycles. The fraction of sp³-hybridized carbons (Fsp3) is 0.0217. The normalized spacial score (nSPS) is 15.4. The van der Waals surface area contributed by atoms with Crippen LogP contribution >= 0.6 is 11.8 Å². The molecule has 2 aliphatic heterocycles. The summed E-state index contributed by atoms with van der Waals surface area (Å²) in [6.07, 6.45) is 1.90. The molecular formula is C46H30N2OS. The van der Waals surface area contributed by atoms with E-state index < -0.39 is 5.41 Å². The lowest BCUT2D eigenvalue weighted by Crippen LogP contribution is -2.37. The van der Waals surface area contributed by atoms with Crippen LogP contribution in [0.1, 0.15) is 22.3 Å². The zero-order valence-electron chi connectivity index (χ0n) is 27.0. The van der Waals surface area contributed by atoms with Gasteiger partial charge in [0.15, 0.2) is 0 Å². The van der Waals surface area contributed by atoms with E-state index in [4.69, 9.17) is 9.72 Å². The second kappa shape index (κ2) is 11.5. The predicted molar refractivity (Wildman–Crippen MR) is 204 cm³/mol. The van der Waals surface area contributed by atoms with E-state index in [1.54, 1.807) is 0 Å². The maximum atomic E-state index is 6.79. The minimum absolute atomic E-state index is 0.636. The molecule has 3 nitrogen and oxygen atoms in total. The van der Waals surface area contributed by atoms with Crippen molar-refractivity contribution in [2.45, 2.75) is 15.2 Å². The molecule has 0 saturated heterocycles. The van der Waals surface area contributed by atoms with Crippen LogP contribution in [-0.4, -0.2) is 4.98 Å². The van der Waals surface area contributed by atoms with Gasteiger partial charge in [-0.3, -0.25) is 4.98 Å². The summed E-state index contributed by atoms with van der Waals surface area (Å²) in [6, 6.07) is 62.8. The molecule has 0 radical (unpaired) electrons. The molecule has 1 spiro atoms. The molecule has 10 rings (SSSR count). The Hall–Kier alpha value is -6.10. The van der Waals surface area contributed by atoms with E-state index in [0.29, 0.717) is 0 Å². The molecule has 0 saturated carbocycles. The van der Waals surface area contributed by atoms with E-state index in [1.165, 1.54) is 32.0 Å². The Morgan fingerprint density at radius 3 is 1.98 bits per heavy atom. The number of aromatic nitrogens is 1. The van der Waals surface area contributed by atoms with Gasteiger partial charge in [0.2, 0.25) is 0 Å². The number of para-hydroxylation sites is 2. The maximum Gasteiger partial charge on any atom is 0.132 e. The first-order valence-corrected chi connectivity index (χ1v) is 17.7. The molecule has 0 N–H and O–H groups in total. The Morgan fingerprint density at radius 1 is 0.480 bits per heavy atom. The van der Waals surface area contributed by atoms with Gasteiger partial charge in [-0.25, -0.2) is 0 Å². The zero-order valence-corrected chi connectivity index (χ0v) is 27.8. The van der Waals surface area contributed by atoms with Gasteiger partial charge in [0, 0.05) is 49.6 Å². The largest absolute Gasteiger partial charge is 0.457 e. The molecule has 50 heavy (non-hydrogen) atoms. The number of hydrogen-bond donors (Lipinski definition) is 0. The van der Waals surface area contributed by atoms with Crippen molar-refractivity contribution < 1.29 is 4.74 Å². The third-order valence-electron chi connectivity index (χ3n) is 10.0. The van der Waals surface area contributed by atoms with Crippen LogP contribution in [0, 0.1) is 0 Å². The number of fused-ring (bicyclic) bond motifs is 10. The summed E-state index contributed by atoms with van der Waals surface area (Å²) in [5, 5.41) is 1.14. The van der Waals surface area contributed by atoms with Crippen LogP contribution in [0.2, 0.25) is 0 Å². The molecule has 0 aliphatic carbocycles. The van der Waals surface area contributed by atoms with Crippen molar-refractivity contribution in [3.63, 3.8) is 0 Å². The first kappa shape index (κ1) is 28.9. The highest BCUT2D eigenvalue weighted by molar-refractivity contribution is 7.99. The molecule has 0 amide bonds. The lowest BCUT2D eigenvalue weighted by Gasteiger charge is -2.45. The quantitative estimate of drug-likeness (QED) is 0.188. The van der Waals surface area contributed by atoms with Gasteiger partial charge in [-0.05, 0) is 82.9 Å². The minimum atomic E-state index is -0.636. The maximum absolute atomic E-state index is 6.79. The predicted octanol–water partition coefficient (Wildman–Crippen LogP) is 12.3. The first-order chi connectivity index (χ1) is 24.8. The first-order valence-electron chi connectivity index (χ1n) is 16.9. The van der Waals surface area contributed by atoms with E-state index in [2.05, 4.69) is 175 Å². The Bertz CT molecular complexity index is 2540. The lowest BCUT2D eigenvalue weighted by molar-refractivity contribution is 0.431. The zero-order chi connectivity index (χ0) is 33.1. The summed E-state index contributed by atoms with van der Waals surface area (Å²) in [5.41, 5.74) is 10.7. The van der Waals surface area contributed by atoms with E-state index >= 15 is 0 Å². The van der Waals surface area contributed by atoms with Gasteiger partial charge in [0.1, 0.15) is 11.5 Å². The van der Waals surface area contributed by atoms with Gasteiger partial charge in [-0.15, -0.1) is 0 Å². The lowest BCUT2D eigenvalue weighted by atomic mass is 9.63. The molecule has 0 fully saturated rings. The van der Waals surface area contributed by atoms with Gasteiger partial charge in [-0.2, -0.15) is 0 Å². The molecule has 0 bridgehead atoms. The van der Waals surface area contributed by atoms with Crippen LogP contribution in [0.5, 0.6) is 11.5 Å². The van der Waals surface area contributed by atoms with Crippen LogP contribution < -0.4 is 9.64 Å². The van der Waals surface area contributed by atoms with Gasteiger partial charge in [0.05, 0.1) is 10.9 Å². The van der Waals surface area contributed by atoms with Crippen LogP contribution in [0.25, 0.3) is 22.0 Å². The van der Waals surface area contributed by atoms with Crippen molar-refractivity contribution in [1.82, 2.24) is 4.98 Å². The second-order valence-corrected chi connectivity index (χ2v) is 13.8. The molecule has 4 heteroatoms. The Morgan fingerprint density at radius 2 is 1.14 bits per heavy atom. The number of rotatable bonds is 4. The summed E-state index contributed by atoms with van der Waals surface area (Å²) in [6.45, 7) is 0. The molecule has 1 atom stereocenters. The van der Waals surface area contributed by atoms with Crippen LogP contribution in [0.4, 0.5) is 17.1 Å². The fourth-order valence-corrected chi connectivity index (χ4v) is 9.14. The Balaban J connectivity index is 1.24. The van der Waals surface area contributed by atoms with E-state index in [9.17, 15) is 0 Å². The second-order valence-electron chi connectivity index (χ2n) is 12.7. The average molecular weight is 659 g/mol. The van der Waals surface area contributed by atoms with Gasteiger partial charge < -0.3 is 9.64 Å². The highest BCUT2D eigenvalue weighted by Gasteiger charge is 2.50. The highest BCUT2D eigenvalue weighted by Crippen LogP contribution is 2.62. The number of benzene rings is 7. The monoisotopic (exact) mass is 658 g/mol. The van der Waals surface area contributed by atoms with Crippen molar-refractivity contribution in [2.75, 3.05) is 4.90 Å². The summed E-state index contributed by atoms with van der Waals surface area (Å²) in [4.78, 5) is 9.70. The van der Waals surface area contributed by atoms with E-state index in [-0.39, 0.29) is 0 Å². The number of anilines is 3. The van der Waals surface area contributed by atoms with E-state index in [0.717, 1.165) is 50.6 Å². The van der Waals surface area contributed by atoms with Crippen LogP contribution in [0.3, 0.4) is 0 Å². The van der Waals surface area contributed by atoms with Crippen LogP contribution in [0.15, 0.2) is 192 Å². The number of hydrogen-bond acceptors (Lipinski definition) is 4. The minimum Gasteiger partial charge on any atom is -0.457 e. The van der Waals surface area contributed by atoms with Crippen molar-refractivity contribution in [2.24, 2.45) is 0 Å². The number of ether oxygens (including phenoxy) is 1. The fourth-order valence-electron chi connectivity index (χ4n) is 7.84. The van der Waals surface area contributed by atoms with Gasteiger partial charge in [-0.1, -0.05) is 127 Å². The van der Waals surface area contributed by atoms with Crippen LogP contribution in [-0.2, 0) is 5.41 Å². The Labute approximate surface area is 295 Å². The SMILES string of the molecule is c1ccc(-c2ccc(N(c3ccccc3)c3ccc4c(c3)C3(c5ccccc5O4)c4ccccc4Sc4c3ccc3cccnc43)cc2)cc1. The third kappa shape index (κ3) is 4.35. The van der Waals surface area contributed by atoms with Gasteiger partial charge >= 0.3 is 0 Å². The smallest absolute Gasteiger partial charge is 0.132 e. The average Bonchev–Trinajstić information content (AvgIpc) is 3.19. The standard InChI is InChI=1S/C46H30N2OS/c1-3-12-31(13-4-1)32-21-24-35(25-22-32)48(34-15-5-2-6-16-34)36-26-28-42-40(30-36)46(37-17-7-9-19-41(37)49-42)38-18-8-10-20-43(38)50-45-39(46)27-23-33-14-11-29-47-44(33)45/h1-30H. The van der Waals surface area contributed by atoms with E-state index in [1.807, 2.05) is 24.0 Å². The van der Waals surface area contributed by atoms with Crippen molar-refractivity contribution in [3.05, 3.63) is 204 Å². The Kier molecular flexibility index (Phi) is 6.64. The summed E-state index contributed by atoms with van der Waals surface area (Å²) >= 11 is 1.82. The van der Waals surface area contributed by atoms with Crippen molar-refractivity contribution in [1.29, 1.82) is 0 Å². The van der Waals surface area contributed by atoms with Gasteiger partial charge in [0.25, 0.3) is 0 Å².